The molecule has 0 saturated carbocycles. The van der Waals surface area contributed by atoms with E-state index in [0.717, 1.165) is 5.75 Å². The van der Waals surface area contributed by atoms with E-state index in [1.165, 1.54) is 29.0 Å². The highest BCUT2D eigenvalue weighted by Crippen LogP contribution is 2.31. The van der Waals surface area contributed by atoms with Crippen molar-refractivity contribution in [2.45, 2.75) is 51.1 Å². The van der Waals surface area contributed by atoms with Crippen molar-refractivity contribution < 1.29 is 0 Å². The van der Waals surface area contributed by atoms with Crippen molar-refractivity contribution >= 4 is 17.4 Å². The molecule has 0 fully saturated rings. The molecule has 0 saturated heterocycles. The Labute approximate surface area is 116 Å². The normalized spacial score (nSPS) is 12.5. The smallest absolute Gasteiger partial charge is 0.0422 e. The van der Waals surface area contributed by atoms with Crippen molar-refractivity contribution in [2.75, 3.05) is 17.7 Å². The molecule has 1 rings (SSSR count). The number of anilines is 1. The van der Waals surface area contributed by atoms with Crippen molar-refractivity contribution in [3.8, 4) is 0 Å². The minimum absolute atomic E-state index is 0.558. The fourth-order valence-electron chi connectivity index (χ4n) is 2.23. The van der Waals surface area contributed by atoms with Crippen LogP contribution in [0, 0.1) is 0 Å². The van der Waals surface area contributed by atoms with E-state index < -0.39 is 0 Å². The van der Waals surface area contributed by atoms with Gasteiger partial charge < -0.3 is 10.6 Å². The first-order valence-corrected chi connectivity index (χ1v) is 7.81. The molecular weight excluding hydrogens is 240 g/mol. The van der Waals surface area contributed by atoms with Gasteiger partial charge in [-0.25, -0.2) is 0 Å². The lowest BCUT2D eigenvalue weighted by molar-refractivity contribution is 0.613. The van der Waals surface area contributed by atoms with E-state index in [1.54, 1.807) is 0 Å². The van der Waals surface area contributed by atoms with Crippen molar-refractivity contribution in [1.82, 2.24) is 0 Å². The Hall–Kier alpha value is -0.670. The Kier molecular flexibility index (Phi) is 6.58. The van der Waals surface area contributed by atoms with E-state index in [1.807, 2.05) is 11.8 Å². The second-order valence-electron chi connectivity index (χ2n) is 4.64. The van der Waals surface area contributed by atoms with Crippen LogP contribution in [0.5, 0.6) is 0 Å². The summed E-state index contributed by atoms with van der Waals surface area (Å²) in [4.78, 5) is 3.69. The highest BCUT2D eigenvalue weighted by molar-refractivity contribution is 7.99. The monoisotopic (exact) mass is 266 g/mol. The first-order chi connectivity index (χ1) is 8.65. The predicted octanol–water partition coefficient (Wildman–Crippen LogP) is 3.88. The van der Waals surface area contributed by atoms with Gasteiger partial charge in [0.25, 0.3) is 0 Å². The lowest BCUT2D eigenvalue weighted by Gasteiger charge is -2.29. The third kappa shape index (κ3) is 3.66. The zero-order valence-corrected chi connectivity index (χ0v) is 12.9. The molecule has 0 spiro atoms. The first kappa shape index (κ1) is 15.4. The number of thioether (sulfide) groups is 1. The molecule has 0 aliphatic rings. The fourth-order valence-corrected chi connectivity index (χ4v) is 3.08. The molecule has 2 N–H and O–H groups in total. The standard InChI is InChI=1S/C15H26N2S/c1-5-8-12(3)17(4)14-9-7-10-15(18-6-2)13(14)11-16/h7,9-10,12H,5-6,8,11,16H2,1-4H3. The maximum Gasteiger partial charge on any atom is 0.0422 e. The van der Waals surface area contributed by atoms with Crippen LogP contribution in [-0.2, 0) is 6.54 Å². The van der Waals surface area contributed by atoms with Crippen molar-refractivity contribution in [3.05, 3.63) is 23.8 Å². The second kappa shape index (κ2) is 7.70. The summed E-state index contributed by atoms with van der Waals surface area (Å²) < 4.78 is 0. The van der Waals surface area contributed by atoms with Gasteiger partial charge >= 0.3 is 0 Å². The molecule has 0 aromatic heterocycles. The summed E-state index contributed by atoms with van der Waals surface area (Å²) in [5.74, 6) is 1.09. The van der Waals surface area contributed by atoms with E-state index in [-0.39, 0.29) is 0 Å². The number of nitrogens with two attached hydrogens (primary N) is 1. The summed E-state index contributed by atoms with van der Waals surface area (Å²) in [7, 11) is 2.18. The summed E-state index contributed by atoms with van der Waals surface area (Å²) in [6.45, 7) is 7.31. The summed E-state index contributed by atoms with van der Waals surface area (Å²) in [6.07, 6.45) is 2.43. The van der Waals surface area contributed by atoms with Crippen LogP contribution in [0.4, 0.5) is 5.69 Å². The lowest BCUT2D eigenvalue weighted by Crippen LogP contribution is -2.29. The number of benzene rings is 1. The van der Waals surface area contributed by atoms with Gasteiger partial charge in [0.2, 0.25) is 0 Å². The molecule has 0 heterocycles. The molecule has 18 heavy (non-hydrogen) atoms. The molecule has 1 atom stereocenters. The molecule has 1 unspecified atom stereocenters. The van der Waals surface area contributed by atoms with Gasteiger partial charge in [0, 0.05) is 35.8 Å². The third-order valence-electron chi connectivity index (χ3n) is 3.36. The molecule has 102 valence electrons. The number of nitrogens with zero attached hydrogens (tertiary/aromatic N) is 1. The minimum Gasteiger partial charge on any atom is -0.372 e. The Morgan fingerprint density at radius 2 is 2.06 bits per heavy atom. The molecule has 0 amide bonds. The SMILES string of the molecule is CCCC(C)N(C)c1cccc(SCC)c1CN. The Morgan fingerprint density at radius 1 is 1.33 bits per heavy atom. The summed E-state index contributed by atoms with van der Waals surface area (Å²) in [5.41, 5.74) is 8.53. The Morgan fingerprint density at radius 3 is 2.61 bits per heavy atom. The van der Waals surface area contributed by atoms with Crippen LogP contribution < -0.4 is 10.6 Å². The van der Waals surface area contributed by atoms with Gasteiger partial charge in [0.15, 0.2) is 0 Å². The largest absolute Gasteiger partial charge is 0.372 e. The molecular formula is C15H26N2S. The van der Waals surface area contributed by atoms with Gasteiger partial charge in [-0.05, 0) is 31.2 Å². The molecule has 0 aliphatic heterocycles. The van der Waals surface area contributed by atoms with Gasteiger partial charge in [0.1, 0.15) is 0 Å². The molecule has 1 aromatic carbocycles. The maximum absolute atomic E-state index is 5.95. The van der Waals surface area contributed by atoms with Crippen molar-refractivity contribution in [2.24, 2.45) is 5.73 Å². The average molecular weight is 266 g/mol. The molecule has 1 aromatic rings. The van der Waals surface area contributed by atoms with Gasteiger partial charge in [0.05, 0.1) is 0 Å². The van der Waals surface area contributed by atoms with Crippen LogP contribution >= 0.6 is 11.8 Å². The molecule has 0 aliphatic carbocycles. The van der Waals surface area contributed by atoms with Crippen LogP contribution in [0.25, 0.3) is 0 Å². The molecule has 0 bridgehead atoms. The van der Waals surface area contributed by atoms with Crippen LogP contribution in [-0.4, -0.2) is 18.8 Å². The van der Waals surface area contributed by atoms with Crippen LogP contribution in [0.3, 0.4) is 0 Å². The third-order valence-corrected chi connectivity index (χ3v) is 4.34. The number of hydrogen-bond acceptors (Lipinski definition) is 3. The number of rotatable bonds is 7. The van der Waals surface area contributed by atoms with E-state index in [9.17, 15) is 0 Å². The predicted molar refractivity (Wildman–Crippen MR) is 83.5 cm³/mol. The Bertz CT molecular complexity index is 366. The fraction of sp³-hybridized carbons (Fsp3) is 0.600. The van der Waals surface area contributed by atoms with Crippen LogP contribution in [0.15, 0.2) is 23.1 Å². The molecule has 0 radical (unpaired) electrons. The zero-order chi connectivity index (χ0) is 13.5. The number of hydrogen-bond donors (Lipinski definition) is 1. The molecule has 2 nitrogen and oxygen atoms in total. The zero-order valence-electron chi connectivity index (χ0n) is 12.1. The summed E-state index contributed by atoms with van der Waals surface area (Å²) in [5, 5.41) is 0. The van der Waals surface area contributed by atoms with Crippen LogP contribution in [0.1, 0.15) is 39.2 Å². The van der Waals surface area contributed by atoms with Crippen molar-refractivity contribution in [1.29, 1.82) is 0 Å². The van der Waals surface area contributed by atoms with E-state index in [0.29, 0.717) is 12.6 Å². The highest BCUT2D eigenvalue weighted by Gasteiger charge is 2.14. The van der Waals surface area contributed by atoms with Crippen LogP contribution in [0.2, 0.25) is 0 Å². The van der Waals surface area contributed by atoms with Crippen molar-refractivity contribution in [3.63, 3.8) is 0 Å². The summed E-state index contributed by atoms with van der Waals surface area (Å²) in [6, 6.07) is 7.07. The quantitative estimate of drug-likeness (QED) is 0.759. The van der Waals surface area contributed by atoms with Gasteiger partial charge in [-0.3, -0.25) is 0 Å². The first-order valence-electron chi connectivity index (χ1n) is 6.83. The average Bonchev–Trinajstić information content (AvgIpc) is 2.38. The van der Waals surface area contributed by atoms with Gasteiger partial charge in [-0.15, -0.1) is 11.8 Å². The van der Waals surface area contributed by atoms with Gasteiger partial charge in [-0.2, -0.15) is 0 Å². The van der Waals surface area contributed by atoms with E-state index >= 15 is 0 Å². The molecule has 3 heteroatoms. The highest BCUT2D eigenvalue weighted by atomic mass is 32.2. The van der Waals surface area contributed by atoms with E-state index in [2.05, 4.69) is 50.9 Å². The lowest BCUT2D eigenvalue weighted by atomic mass is 10.1. The van der Waals surface area contributed by atoms with E-state index in [4.69, 9.17) is 5.73 Å². The minimum atomic E-state index is 0.558. The van der Waals surface area contributed by atoms with Gasteiger partial charge in [-0.1, -0.05) is 26.3 Å². The topological polar surface area (TPSA) is 29.3 Å². The Balaban J connectivity index is 3.03. The maximum atomic E-state index is 5.95. The summed E-state index contributed by atoms with van der Waals surface area (Å²) >= 11 is 1.88. The second-order valence-corrected chi connectivity index (χ2v) is 5.95.